The maximum Gasteiger partial charge on any atom is 0.170 e. The van der Waals surface area contributed by atoms with Gasteiger partial charge in [0.05, 0.1) is 11.1 Å². The second kappa shape index (κ2) is 14.8. The molecule has 3 aliphatic rings. The maximum absolute atomic E-state index is 12.2. The summed E-state index contributed by atoms with van der Waals surface area (Å²) in [6, 6.07) is 10.5. The fourth-order valence-corrected chi connectivity index (χ4v) is 5.87. The molecule has 1 heterocycles. The lowest BCUT2D eigenvalue weighted by molar-refractivity contribution is -0.111. The van der Waals surface area contributed by atoms with Crippen molar-refractivity contribution in [2.24, 2.45) is 11.8 Å². The first-order chi connectivity index (χ1) is 17.8. The molecule has 0 spiro atoms. The Morgan fingerprint density at radius 1 is 0.919 bits per heavy atom. The highest BCUT2D eigenvalue weighted by Crippen LogP contribution is 2.36. The van der Waals surface area contributed by atoms with Gasteiger partial charge in [-0.05, 0) is 74.9 Å². The third-order valence-electron chi connectivity index (χ3n) is 7.26. The average molecular weight is 636 g/mol. The number of halogens is 2. The number of carbonyl (C=O) groups is 3. The van der Waals surface area contributed by atoms with Crippen LogP contribution < -0.4 is 4.74 Å². The smallest absolute Gasteiger partial charge is 0.170 e. The number of phenolic OH excluding ortho intramolecular Hbond substituents is 1. The van der Waals surface area contributed by atoms with Crippen LogP contribution in [0.1, 0.15) is 98.3 Å². The van der Waals surface area contributed by atoms with E-state index >= 15 is 0 Å². The van der Waals surface area contributed by atoms with Crippen molar-refractivity contribution in [2.75, 3.05) is 0 Å². The van der Waals surface area contributed by atoms with Crippen molar-refractivity contribution >= 4 is 49.7 Å². The Balaban J connectivity index is 0.000000171. The minimum absolute atomic E-state index is 0.0284. The van der Waals surface area contributed by atoms with Gasteiger partial charge in [0.1, 0.15) is 23.9 Å². The van der Waals surface area contributed by atoms with Gasteiger partial charge in [0.2, 0.25) is 0 Å². The van der Waals surface area contributed by atoms with Gasteiger partial charge in [0.25, 0.3) is 0 Å². The van der Waals surface area contributed by atoms with Gasteiger partial charge in [0, 0.05) is 21.3 Å². The first kappa shape index (κ1) is 29.6. The third kappa shape index (κ3) is 9.06. The van der Waals surface area contributed by atoms with Crippen molar-refractivity contribution in [3.8, 4) is 11.5 Å². The molecular weight excluding hydrogens is 600 g/mol. The van der Waals surface area contributed by atoms with E-state index in [0.717, 1.165) is 39.4 Å². The van der Waals surface area contributed by atoms with E-state index in [1.54, 1.807) is 12.1 Å². The maximum atomic E-state index is 12.2. The van der Waals surface area contributed by atoms with Crippen LogP contribution in [0.2, 0.25) is 0 Å². The molecule has 1 unspecified atom stereocenters. The molecule has 200 valence electrons. The second-order valence-electron chi connectivity index (χ2n) is 10.1. The first-order valence-corrected chi connectivity index (χ1v) is 14.8. The predicted molar refractivity (Wildman–Crippen MR) is 153 cm³/mol. The lowest BCUT2D eigenvalue weighted by atomic mass is 9.82. The van der Waals surface area contributed by atoms with Crippen molar-refractivity contribution in [1.29, 1.82) is 0 Å². The number of fused-ring (bicyclic) bond motifs is 1. The van der Waals surface area contributed by atoms with Gasteiger partial charge < -0.3 is 14.6 Å². The zero-order valence-corrected chi connectivity index (χ0v) is 24.6. The molecule has 0 bridgehead atoms. The highest BCUT2D eigenvalue weighted by atomic mass is 79.9. The van der Waals surface area contributed by atoms with Gasteiger partial charge in [-0.25, -0.2) is 0 Å². The monoisotopic (exact) mass is 634 g/mol. The molecule has 2 aromatic carbocycles. The zero-order valence-electron chi connectivity index (χ0n) is 21.4. The average Bonchev–Trinajstić information content (AvgIpc) is 2.92. The molecule has 2 fully saturated rings. The van der Waals surface area contributed by atoms with Gasteiger partial charge in [-0.2, -0.15) is 0 Å². The van der Waals surface area contributed by atoms with Crippen LogP contribution in [-0.4, -0.2) is 29.1 Å². The van der Waals surface area contributed by atoms with E-state index in [0.29, 0.717) is 23.8 Å². The molecule has 5 nitrogen and oxygen atoms in total. The molecule has 1 atom stereocenters. The summed E-state index contributed by atoms with van der Waals surface area (Å²) in [7, 11) is 0. The van der Waals surface area contributed by atoms with Crippen LogP contribution in [0.5, 0.6) is 11.5 Å². The third-order valence-corrected chi connectivity index (χ3v) is 8.25. The SMILES string of the molecule is CC(=O)c1cc(Br)ccc1O.O=C1CC(C2CCCCC2)Oc2ccc(Br)cc21.O=CC1CCCCC1. The number of carbonyl (C=O) groups excluding carboxylic acids is 3. The lowest BCUT2D eigenvalue weighted by Crippen LogP contribution is -2.34. The van der Waals surface area contributed by atoms with E-state index in [4.69, 9.17) is 9.84 Å². The molecule has 1 aliphatic heterocycles. The Labute approximate surface area is 236 Å². The van der Waals surface area contributed by atoms with Crippen LogP contribution in [-0.2, 0) is 4.79 Å². The molecule has 37 heavy (non-hydrogen) atoms. The first-order valence-electron chi connectivity index (χ1n) is 13.2. The van der Waals surface area contributed by atoms with Crippen molar-refractivity contribution in [3.05, 3.63) is 56.5 Å². The highest BCUT2D eigenvalue weighted by Gasteiger charge is 2.33. The summed E-state index contributed by atoms with van der Waals surface area (Å²) < 4.78 is 7.79. The van der Waals surface area contributed by atoms with Gasteiger partial charge >= 0.3 is 0 Å². The molecule has 2 saturated carbocycles. The number of hydrogen-bond donors (Lipinski definition) is 1. The van der Waals surface area contributed by atoms with E-state index in [1.807, 2.05) is 18.2 Å². The van der Waals surface area contributed by atoms with Crippen LogP contribution >= 0.6 is 31.9 Å². The van der Waals surface area contributed by atoms with E-state index in [-0.39, 0.29) is 23.4 Å². The molecule has 5 rings (SSSR count). The number of rotatable bonds is 3. The van der Waals surface area contributed by atoms with Crippen LogP contribution in [0.4, 0.5) is 0 Å². The Morgan fingerprint density at radius 2 is 1.51 bits per heavy atom. The number of aldehydes is 1. The molecule has 1 N–H and O–H groups in total. The molecular formula is C30H36Br2O5. The summed E-state index contributed by atoms with van der Waals surface area (Å²) in [5.41, 5.74) is 1.08. The molecule has 7 heteroatoms. The summed E-state index contributed by atoms with van der Waals surface area (Å²) in [5.74, 6) is 1.87. The van der Waals surface area contributed by atoms with Crippen molar-refractivity contribution < 1.29 is 24.2 Å². The van der Waals surface area contributed by atoms with Gasteiger partial charge in [0.15, 0.2) is 11.6 Å². The number of ketones is 2. The highest BCUT2D eigenvalue weighted by molar-refractivity contribution is 9.10. The van der Waals surface area contributed by atoms with E-state index < -0.39 is 0 Å². The molecule has 0 radical (unpaired) electrons. The number of hydrogen-bond acceptors (Lipinski definition) is 5. The van der Waals surface area contributed by atoms with Crippen LogP contribution in [0.3, 0.4) is 0 Å². The van der Waals surface area contributed by atoms with Gasteiger partial charge in [-0.3, -0.25) is 9.59 Å². The standard InChI is InChI=1S/C15H17BrO2.C8H7BrO2.C7H12O/c16-11-6-7-14-12(8-11)13(17)9-15(18-14)10-4-2-1-3-5-10;1-5(10)7-4-6(9)2-3-8(7)11;8-6-7-4-2-1-3-5-7/h6-8,10,15H,1-5,9H2;2-4,11H,1H3;6-7H,1-5H2. The topological polar surface area (TPSA) is 80.7 Å². The van der Waals surface area contributed by atoms with Crippen LogP contribution in [0.15, 0.2) is 45.3 Å². The zero-order chi connectivity index (χ0) is 26.8. The van der Waals surface area contributed by atoms with Gasteiger partial charge in [-0.15, -0.1) is 0 Å². The Bertz CT molecular complexity index is 1070. The van der Waals surface area contributed by atoms with E-state index in [9.17, 15) is 14.4 Å². The van der Waals surface area contributed by atoms with Gasteiger partial charge in [-0.1, -0.05) is 70.4 Å². The summed E-state index contributed by atoms with van der Waals surface area (Å²) in [6.07, 6.45) is 14.2. The molecule has 0 aromatic heterocycles. The Hall–Kier alpha value is -1.99. The Kier molecular flexibility index (Phi) is 11.8. The van der Waals surface area contributed by atoms with E-state index in [2.05, 4.69) is 31.9 Å². The van der Waals surface area contributed by atoms with Crippen molar-refractivity contribution in [3.63, 3.8) is 0 Å². The van der Waals surface area contributed by atoms with E-state index in [1.165, 1.54) is 64.4 Å². The quantitative estimate of drug-likeness (QED) is 0.270. The lowest BCUT2D eigenvalue weighted by Gasteiger charge is -2.33. The molecule has 2 aromatic rings. The summed E-state index contributed by atoms with van der Waals surface area (Å²) in [4.78, 5) is 33.2. The normalized spacial score (nSPS) is 19.8. The molecule has 2 aliphatic carbocycles. The predicted octanol–water partition coefficient (Wildman–Crippen LogP) is 8.49. The van der Waals surface area contributed by atoms with Crippen molar-refractivity contribution in [2.45, 2.75) is 83.7 Å². The number of aromatic hydroxyl groups is 1. The minimum Gasteiger partial charge on any atom is -0.507 e. The largest absolute Gasteiger partial charge is 0.507 e. The molecule has 0 saturated heterocycles. The molecule has 0 amide bonds. The number of benzene rings is 2. The number of phenols is 1. The fourth-order valence-electron chi connectivity index (χ4n) is 5.15. The van der Waals surface area contributed by atoms with Crippen molar-refractivity contribution in [1.82, 2.24) is 0 Å². The van der Waals surface area contributed by atoms with Crippen LogP contribution in [0.25, 0.3) is 0 Å². The second-order valence-corrected chi connectivity index (χ2v) is 11.9. The summed E-state index contributed by atoms with van der Waals surface area (Å²) in [5, 5.41) is 9.16. The number of ether oxygens (including phenoxy) is 1. The summed E-state index contributed by atoms with van der Waals surface area (Å²) in [6.45, 7) is 1.42. The van der Waals surface area contributed by atoms with Crippen LogP contribution in [0, 0.1) is 11.8 Å². The summed E-state index contributed by atoms with van der Waals surface area (Å²) >= 11 is 6.60. The minimum atomic E-state index is -0.135. The Morgan fingerprint density at radius 3 is 2.08 bits per heavy atom. The fraction of sp³-hybridized carbons (Fsp3) is 0.500. The number of Topliss-reactive ketones (excluding diaryl/α,β-unsaturated/α-hetero) is 2.